The topological polar surface area (TPSA) is 59.4 Å². The molecule has 0 amide bonds. The van der Waals surface area contributed by atoms with Gasteiger partial charge in [0.1, 0.15) is 17.5 Å². The number of aliphatic imine (C=N–C) groups is 1. The number of hydrogen-bond donors (Lipinski definition) is 1. The summed E-state index contributed by atoms with van der Waals surface area (Å²) in [4.78, 5) is 13.5. The van der Waals surface area contributed by atoms with E-state index in [2.05, 4.69) is 26.3 Å². The van der Waals surface area contributed by atoms with Crippen LogP contribution in [0.4, 0.5) is 5.69 Å². The van der Waals surface area contributed by atoms with Gasteiger partial charge in [-0.05, 0) is 55.2 Å². The predicted molar refractivity (Wildman–Crippen MR) is 110 cm³/mol. The number of amidine groups is 1. The number of halogens is 1. The van der Waals surface area contributed by atoms with Crippen LogP contribution < -0.4 is 10.1 Å². The van der Waals surface area contributed by atoms with Gasteiger partial charge in [0, 0.05) is 23.6 Å². The Labute approximate surface area is 168 Å². The van der Waals surface area contributed by atoms with Gasteiger partial charge in [0.05, 0.1) is 17.3 Å². The van der Waals surface area contributed by atoms with E-state index in [0.717, 1.165) is 47.7 Å². The van der Waals surface area contributed by atoms with Crippen LogP contribution in [0.5, 0.6) is 5.75 Å². The number of aromatic nitrogens is 2. The molecule has 3 aromatic rings. The molecule has 140 valence electrons. The molecule has 0 saturated heterocycles. The Morgan fingerprint density at radius 3 is 2.79 bits per heavy atom. The summed E-state index contributed by atoms with van der Waals surface area (Å²) in [7, 11) is 0. The fraction of sp³-hybridized carbons (Fsp3) is 0.227. The van der Waals surface area contributed by atoms with Crippen LogP contribution in [0.15, 0.2) is 59.9 Å². The molecule has 1 aromatic carbocycles. The number of anilines is 1. The van der Waals surface area contributed by atoms with E-state index >= 15 is 0 Å². The minimum atomic E-state index is -0.0588. The Kier molecular flexibility index (Phi) is 4.45. The summed E-state index contributed by atoms with van der Waals surface area (Å²) in [6.45, 7) is 0.647. The molecule has 0 bridgehead atoms. The minimum absolute atomic E-state index is 0.0588. The van der Waals surface area contributed by atoms with Gasteiger partial charge in [-0.2, -0.15) is 0 Å². The third-order valence-corrected chi connectivity index (χ3v) is 5.43. The van der Waals surface area contributed by atoms with Crippen LogP contribution in [0.3, 0.4) is 0 Å². The van der Waals surface area contributed by atoms with Crippen molar-refractivity contribution in [2.24, 2.45) is 4.99 Å². The van der Waals surface area contributed by atoms with E-state index < -0.39 is 0 Å². The Hall–Kier alpha value is -2.92. The predicted octanol–water partition coefficient (Wildman–Crippen LogP) is 4.96. The van der Waals surface area contributed by atoms with Gasteiger partial charge in [0.15, 0.2) is 5.84 Å². The van der Waals surface area contributed by atoms with Gasteiger partial charge in [-0.1, -0.05) is 23.7 Å². The average molecular weight is 391 g/mol. The molecule has 1 aliphatic carbocycles. The number of rotatable bonds is 3. The molecule has 6 heteroatoms. The second-order valence-corrected chi connectivity index (χ2v) is 7.40. The van der Waals surface area contributed by atoms with Crippen LogP contribution >= 0.6 is 11.6 Å². The number of benzene rings is 1. The zero-order valence-electron chi connectivity index (χ0n) is 15.2. The summed E-state index contributed by atoms with van der Waals surface area (Å²) < 4.78 is 6.23. The first-order valence-corrected chi connectivity index (χ1v) is 9.81. The first-order chi connectivity index (χ1) is 13.8. The van der Waals surface area contributed by atoms with E-state index in [4.69, 9.17) is 16.3 Å². The molecule has 1 atom stereocenters. The van der Waals surface area contributed by atoms with Crippen LogP contribution in [-0.2, 0) is 13.0 Å². The third kappa shape index (κ3) is 3.22. The molecule has 5 rings (SSSR count). The summed E-state index contributed by atoms with van der Waals surface area (Å²) in [5.74, 6) is 1.44. The molecule has 28 heavy (non-hydrogen) atoms. The Morgan fingerprint density at radius 1 is 1.04 bits per heavy atom. The van der Waals surface area contributed by atoms with Crippen molar-refractivity contribution in [3.05, 3.63) is 82.4 Å². The average Bonchev–Trinajstić information content (AvgIpc) is 3.13. The fourth-order valence-corrected chi connectivity index (χ4v) is 3.99. The van der Waals surface area contributed by atoms with Gasteiger partial charge in [-0.25, -0.2) is 0 Å². The SMILES string of the molecule is Clc1cc(NC2=NCc3cccnc32)ccc1OC1CCCc2cccnc21. The largest absolute Gasteiger partial charge is 0.483 e. The van der Waals surface area contributed by atoms with Crippen molar-refractivity contribution in [2.45, 2.75) is 31.9 Å². The summed E-state index contributed by atoms with van der Waals surface area (Å²) in [5, 5.41) is 3.88. The lowest BCUT2D eigenvalue weighted by Gasteiger charge is -2.25. The first kappa shape index (κ1) is 17.2. The fourth-order valence-electron chi connectivity index (χ4n) is 3.76. The first-order valence-electron chi connectivity index (χ1n) is 9.44. The summed E-state index contributed by atoms with van der Waals surface area (Å²) in [5.41, 5.74) is 5.16. The standard InChI is InChI=1S/C22H19ClN4O/c23-17-12-16(27-22-21-15(13-26-22)6-3-11-25-21)8-9-18(17)28-19-7-1-4-14-5-2-10-24-20(14)19/h2-3,5-6,8-12,19H,1,4,7,13H2,(H,26,27). The van der Waals surface area contributed by atoms with Gasteiger partial charge in [-0.15, -0.1) is 0 Å². The number of aryl methyl sites for hydroxylation is 1. The Morgan fingerprint density at radius 2 is 1.89 bits per heavy atom. The number of fused-ring (bicyclic) bond motifs is 2. The van der Waals surface area contributed by atoms with Gasteiger partial charge >= 0.3 is 0 Å². The van der Waals surface area contributed by atoms with Crippen LogP contribution in [-0.4, -0.2) is 15.8 Å². The van der Waals surface area contributed by atoms with Crippen molar-refractivity contribution in [3.63, 3.8) is 0 Å². The molecule has 3 heterocycles. The summed E-state index contributed by atoms with van der Waals surface area (Å²) in [6, 6.07) is 13.8. The molecule has 0 saturated carbocycles. The van der Waals surface area contributed by atoms with E-state index in [1.165, 1.54) is 5.56 Å². The van der Waals surface area contributed by atoms with Crippen molar-refractivity contribution < 1.29 is 4.74 Å². The van der Waals surface area contributed by atoms with Crippen LogP contribution in [0, 0.1) is 0 Å². The highest BCUT2D eigenvalue weighted by molar-refractivity contribution is 6.32. The number of hydrogen-bond acceptors (Lipinski definition) is 5. The van der Waals surface area contributed by atoms with E-state index in [1.807, 2.05) is 42.6 Å². The summed E-state index contributed by atoms with van der Waals surface area (Å²) >= 11 is 6.52. The maximum absolute atomic E-state index is 6.52. The Balaban J connectivity index is 1.34. The van der Waals surface area contributed by atoms with Crippen LogP contribution in [0.2, 0.25) is 5.02 Å². The molecule has 2 aromatic heterocycles. The Bertz CT molecular complexity index is 1070. The maximum Gasteiger partial charge on any atom is 0.152 e. The zero-order valence-corrected chi connectivity index (χ0v) is 16.0. The highest BCUT2D eigenvalue weighted by Crippen LogP contribution is 2.36. The van der Waals surface area contributed by atoms with E-state index in [9.17, 15) is 0 Å². The second kappa shape index (κ2) is 7.24. The molecule has 0 spiro atoms. The third-order valence-electron chi connectivity index (χ3n) is 5.13. The van der Waals surface area contributed by atoms with E-state index in [0.29, 0.717) is 17.3 Å². The number of nitrogens with zero attached hydrogens (tertiary/aromatic N) is 3. The van der Waals surface area contributed by atoms with Gasteiger partial charge in [0.25, 0.3) is 0 Å². The molecular weight excluding hydrogens is 372 g/mol. The van der Waals surface area contributed by atoms with Gasteiger partial charge < -0.3 is 10.1 Å². The minimum Gasteiger partial charge on any atom is -0.483 e. The zero-order chi connectivity index (χ0) is 18.9. The molecule has 1 unspecified atom stereocenters. The molecule has 1 N–H and O–H groups in total. The van der Waals surface area contributed by atoms with Crippen molar-refractivity contribution in [1.82, 2.24) is 9.97 Å². The van der Waals surface area contributed by atoms with Crippen molar-refractivity contribution in [2.75, 3.05) is 5.32 Å². The quantitative estimate of drug-likeness (QED) is 0.686. The highest BCUT2D eigenvalue weighted by atomic mass is 35.5. The highest BCUT2D eigenvalue weighted by Gasteiger charge is 2.24. The molecule has 0 fully saturated rings. The van der Waals surface area contributed by atoms with Crippen LogP contribution in [0.1, 0.15) is 41.5 Å². The maximum atomic E-state index is 6.52. The smallest absolute Gasteiger partial charge is 0.152 e. The number of pyridine rings is 2. The summed E-state index contributed by atoms with van der Waals surface area (Å²) in [6.07, 6.45) is 6.63. The molecule has 0 radical (unpaired) electrons. The van der Waals surface area contributed by atoms with Crippen molar-refractivity contribution >= 4 is 23.1 Å². The normalized spacial score (nSPS) is 17.5. The monoisotopic (exact) mass is 390 g/mol. The lowest BCUT2D eigenvalue weighted by molar-refractivity contribution is 0.178. The van der Waals surface area contributed by atoms with Crippen molar-refractivity contribution in [3.8, 4) is 5.75 Å². The second-order valence-electron chi connectivity index (χ2n) is 6.99. The van der Waals surface area contributed by atoms with E-state index in [-0.39, 0.29) is 6.10 Å². The number of ether oxygens (including phenoxy) is 1. The molecule has 5 nitrogen and oxygen atoms in total. The molecule has 1 aliphatic heterocycles. The lowest BCUT2D eigenvalue weighted by atomic mass is 9.94. The van der Waals surface area contributed by atoms with E-state index in [1.54, 1.807) is 6.20 Å². The van der Waals surface area contributed by atoms with Gasteiger partial charge in [-0.3, -0.25) is 15.0 Å². The van der Waals surface area contributed by atoms with Crippen molar-refractivity contribution in [1.29, 1.82) is 0 Å². The number of nitrogens with one attached hydrogen (secondary N) is 1. The van der Waals surface area contributed by atoms with Crippen LogP contribution in [0.25, 0.3) is 0 Å². The molecular formula is C22H19ClN4O. The lowest BCUT2D eigenvalue weighted by Crippen LogP contribution is -2.17. The van der Waals surface area contributed by atoms with Gasteiger partial charge in [0.2, 0.25) is 0 Å². The molecule has 2 aliphatic rings.